The van der Waals surface area contributed by atoms with E-state index in [0.717, 1.165) is 23.5 Å². The SMILES string of the molecule is Cc1cc(NCc2ccncc2)c(C)cc1N. The Morgan fingerprint density at radius 1 is 1.12 bits per heavy atom. The molecule has 0 fully saturated rings. The molecule has 0 aliphatic carbocycles. The Bertz CT molecular complexity index is 506. The van der Waals surface area contributed by atoms with Crippen molar-refractivity contribution in [1.82, 2.24) is 4.98 Å². The Hall–Kier alpha value is -2.03. The average Bonchev–Trinajstić information content (AvgIpc) is 2.33. The standard InChI is InChI=1S/C14H17N3/c1-10-8-14(11(2)7-13(10)15)17-9-12-3-5-16-6-4-12/h3-8,17H,9,15H2,1-2H3. The number of rotatable bonds is 3. The summed E-state index contributed by atoms with van der Waals surface area (Å²) in [6.07, 6.45) is 3.61. The predicted molar refractivity (Wildman–Crippen MR) is 71.9 cm³/mol. The molecule has 0 unspecified atom stereocenters. The zero-order chi connectivity index (χ0) is 12.3. The molecule has 0 spiro atoms. The normalized spacial score (nSPS) is 10.2. The highest BCUT2D eigenvalue weighted by atomic mass is 14.9. The van der Waals surface area contributed by atoms with Gasteiger partial charge in [0.2, 0.25) is 0 Å². The van der Waals surface area contributed by atoms with E-state index in [4.69, 9.17) is 5.73 Å². The first-order valence-electron chi connectivity index (χ1n) is 5.66. The number of anilines is 2. The fraction of sp³-hybridized carbons (Fsp3) is 0.214. The quantitative estimate of drug-likeness (QED) is 0.793. The molecule has 2 aromatic rings. The molecular weight excluding hydrogens is 210 g/mol. The first kappa shape index (κ1) is 11.5. The first-order valence-corrected chi connectivity index (χ1v) is 5.66. The van der Waals surface area contributed by atoms with Crippen LogP contribution >= 0.6 is 0 Å². The number of nitrogens with zero attached hydrogens (tertiary/aromatic N) is 1. The molecule has 3 heteroatoms. The van der Waals surface area contributed by atoms with Crippen LogP contribution in [0.3, 0.4) is 0 Å². The molecule has 0 aliphatic heterocycles. The number of nitrogens with two attached hydrogens (primary N) is 1. The lowest BCUT2D eigenvalue weighted by atomic mass is 10.1. The Labute approximate surface area is 102 Å². The highest BCUT2D eigenvalue weighted by Gasteiger charge is 2.01. The average molecular weight is 227 g/mol. The summed E-state index contributed by atoms with van der Waals surface area (Å²) in [6, 6.07) is 8.11. The van der Waals surface area contributed by atoms with Crippen LogP contribution in [0, 0.1) is 13.8 Å². The maximum absolute atomic E-state index is 5.86. The van der Waals surface area contributed by atoms with E-state index in [1.54, 1.807) is 12.4 Å². The molecule has 0 aliphatic rings. The number of pyridine rings is 1. The fourth-order valence-electron chi connectivity index (χ4n) is 1.73. The largest absolute Gasteiger partial charge is 0.399 e. The van der Waals surface area contributed by atoms with Gasteiger partial charge in [-0.25, -0.2) is 0 Å². The Balaban J connectivity index is 2.12. The van der Waals surface area contributed by atoms with E-state index in [9.17, 15) is 0 Å². The van der Waals surface area contributed by atoms with Gasteiger partial charge in [0.15, 0.2) is 0 Å². The highest BCUT2D eigenvalue weighted by Crippen LogP contribution is 2.22. The second-order valence-corrected chi connectivity index (χ2v) is 4.23. The fourth-order valence-corrected chi connectivity index (χ4v) is 1.73. The lowest BCUT2D eigenvalue weighted by Gasteiger charge is -2.12. The summed E-state index contributed by atoms with van der Waals surface area (Å²) in [5.74, 6) is 0. The van der Waals surface area contributed by atoms with Gasteiger partial charge < -0.3 is 11.1 Å². The molecule has 3 N–H and O–H groups in total. The number of nitrogen functional groups attached to an aromatic ring is 1. The predicted octanol–water partition coefficient (Wildman–Crippen LogP) is 2.89. The number of benzene rings is 1. The van der Waals surface area contributed by atoms with Gasteiger partial charge in [0.1, 0.15) is 0 Å². The molecule has 88 valence electrons. The monoisotopic (exact) mass is 227 g/mol. The minimum atomic E-state index is 0.798. The van der Waals surface area contributed by atoms with Gasteiger partial charge in [-0.3, -0.25) is 4.98 Å². The third-order valence-electron chi connectivity index (χ3n) is 2.85. The van der Waals surface area contributed by atoms with Crippen molar-refractivity contribution in [1.29, 1.82) is 0 Å². The van der Waals surface area contributed by atoms with Gasteiger partial charge in [-0.15, -0.1) is 0 Å². The molecule has 0 bridgehead atoms. The molecule has 1 aromatic heterocycles. The lowest BCUT2D eigenvalue weighted by molar-refractivity contribution is 1.12. The van der Waals surface area contributed by atoms with Gasteiger partial charge in [-0.05, 0) is 54.8 Å². The van der Waals surface area contributed by atoms with Gasteiger partial charge in [0.25, 0.3) is 0 Å². The van der Waals surface area contributed by atoms with E-state index < -0.39 is 0 Å². The van der Waals surface area contributed by atoms with Gasteiger partial charge in [0.05, 0.1) is 0 Å². The second kappa shape index (κ2) is 4.87. The second-order valence-electron chi connectivity index (χ2n) is 4.23. The maximum atomic E-state index is 5.86. The molecule has 0 radical (unpaired) electrons. The van der Waals surface area contributed by atoms with E-state index >= 15 is 0 Å². The van der Waals surface area contributed by atoms with Gasteiger partial charge in [-0.1, -0.05) is 0 Å². The Kier molecular flexibility index (Phi) is 3.28. The van der Waals surface area contributed by atoms with Gasteiger partial charge in [-0.2, -0.15) is 0 Å². The molecular formula is C14H17N3. The van der Waals surface area contributed by atoms with Crippen LogP contribution in [-0.2, 0) is 6.54 Å². The number of aromatic nitrogens is 1. The molecule has 0 saturated carbocycles. The zero-order valence-corrected chi connectivity index (χ0v) is 10.2. The molecule has 17 heavy (non-hydrogen) atoms. The number of aryl methyl sites for hydroxylation is 2. The van der Waals surface area contributed by atoms with Crippen LogP contribution < -0.4 is 11.1 Å². The number of nitrogens with one attached hydrogen (secondary N) is 1. The van der Waals surface area contributed by atoms with Crippen LogP contribution in [0.25, 0.3) is 0 Å². The highest BCUT2D eigenvalue weighted by molar-refractivity contribution is 5.61. The van der Waals surface area contributed by atoms with E-state index in [2.05, 4.69) is 23.3 Å². The summed E-state index contributed by atoms with van der Waals surface area (Å²) in [6.45, 7) is 4.88. The van der Waals surface area contributed by atoms with E-state index in [-0.39, 0.29) is 0 Å². The molecule has 2 rings (SSSR count). The molecule has 3 nitrogen and oxygen atoms in total. The van der Waals surface area contributed by atoms with Crippen molar-refractivity contribution in [2.45, 2.75) is 20.4 Å². The third-order valence-corrected chi connectivity index (χ3v) is 2.85. The molecule has 0 atom stereocenters. The van der Waals surface area contributed by atoms with Crippen molar-refractivity contribution in [2.75, 3.05) is 11.1 Å². The van der Waals surface area contributed by atoms with Crippen LogP contribution in [0.15, 0.2) is 36.7 Å². The van der Waals surface area contributed by atoms with Gasteiger partial charge in [0, 0.05) is 30.3 Å². The lowest BCUT2D eigenvalue weighted by Crippen LogP contribution is -2.02. The summed E-state index contributed by atoms with van der Waals surface area (Å²) in [5.41, 5.74) is 11.3. The van der Waals surface area contributed by atoms with Crippen molar-refractivity contribution >= 4 is 11.4 Å². The number of hydrogen-bond donors (Lipinski definition) is 2. The van der Waals surface area contributed by atoms with E-state index in [1.165, 1.54) is 11.1 Å². The number of hydrogen-bond acceptors (Lipinski definition) is 3. The summed E-state index contributed by atoms with van der Waals surface area (Å²) >= 11 is 0. The summed E-state index contributed by atoms with van der Waals surface area (Å²) in [4.78, 5) is 4.00. The van der Waals surface area contributed by atoms with Crippen LogP contribution in [0.2, 0.25) is 0 Å². The third kappa shape index (κ3) is 2.75. The Morgan fingerprint density at radius 2 is 1.82 bits per heavy atom. The Morgan fingerprint density at radius 3 is 2.53 bits per heavy atom. The minimum absolute atomic E-state index is 0.798. The summed E-state index contributed by atoms with van der Waals surface area (Å²) in [7, 11) is 0. The topological polar surface area (TPSA) is 50.9 Å². The van der Waals surface area contributed by atoms with Crippen LogP contribution in [0.4, 0.5) is 11.4 Å². The van der Waals surface area contributed by atoms with Gasteiger partial charge >= 0.3 is 0 Å². The van der Waals surface area contributed by atoms with Crippen LogP contribution in [0.5, 0.6) is 0 Å². The van der Waals surface area contributed by atoms with E-state index in [1.807, 2.05) is 25.1 Å². The maximum Gasteiger partial charge on any atom is 0.0401 e. The smallest absolute Gasteiger partial charge is 0.0401 e. The van der Waals surface area contributed by atoms with Crippen LogP contribution in [-0.4, -0.2) is 4.98 Å². The summed E-state index contributed by atoms with van der Waals surface area (Å²) < 4.78 is 0. The van der Waals surface area contributed by atoms with Crippen molar-refractivity contribution < 1.29 is 0 Å². The van der Waals surface area contributed by atoms with E-state index in [0.29, 0.717) is 0 Å². The van der Waals surface area contributed by atoms with Crippen molar-refractivity contribution in [3.8, 4) is 0 Å². The van der Waals surface area contributed by atoms with Crippen molar-refractivity contribution in [3.05, 3.63) is 53.3 Å². The first-order chi connectivity index (χ1) is 8.16. The minimum Gasteiger partial charge on any atom is -0.399 e. The molecule has 0 saturated heterocycles. The zero-order valence-electron chi connectivity index (χ0n) is 10.2. The molecule has 0 amide bonds. The van der Waals surface area contributed by atoms with Crippen molar-refractivity contribution in [3.63, 3.8) is 0 Å². The molecule has 1 aromatic carbocycles. The van der Waals surface area contributed by atoms with Crippen LogP contribution in [0.1, 0.15) is 16.7 Å². The van der Waals surface area contributed by atoms with Crippen molar-refractivity contribution in [2.24, 2.45) is 0 Å². The summed E-state index contributed by atoms with van der Waals surface area (Å²) in [5, 5.41) is 3.41. The molecule has 1 heterocycles.